The summed E-state index contributed by atoms with van der Waals surface area (Å²) in [7, 11) is 0. The molecule has 0 aliphatic carbocycles. The fraction of sp³-hybridized carbons (Fsp3) is 0.556. The number of aromatic nitrogens is 2. The van der Waals surface area contributed by atoms with Gasteiger partial charge < -0.3 is 15.4 Å². The molecule has 1 aromatic heterocycles. The Bertz CT molecular complexity index is 356. The van der Waals surface area contributed by atoms with Crippen LogP contribution < -0.4 is 10.6 Å². The van der Waals surface area contributed by atoms with Crippen molar-refractivity contribution >= 4 is 11.6 Å². The number of nitrogens with two attached hydrogens (primary N) is 1. The quantitative estimate of drug-likeness (QED) is 0.673. The molecule has 0 bridgehead atoms. The molecule has 5 nitrogen and oxygen atoms in total. The lowest BCUT2D eigenvalue weighted by atomic mass is 9.78. The third-order valence-corrected chi connectivity index (χ3v) is 2.87. The van der Waals surface area contributed by atoms with E-state index in [4.69, 9.17) is 10.5 Å². The van der Waals surface area contributed by atoms with Crippen LogP contribution in [0.25, 0.3) is 0 Å². The molecule has 5 heteroatoms. The molecule has 0 atom stereocenters. The molecule has 0 saturated carbocycles. The van der Waals surface area contributed by atoms with Crippen molar-refractivity contribution in [1.82, 2.24) is 9.97 Å². The minimum atomic E-state index is 0.393. The molecule has 0 amide bonds. The third kappa shape index (κ3) is 0.988. The lowest BCUT2D eigenvalue weighted by molar-refractivity contribution is -0.127. The highest BCUT2D eigenvalue weighted by Crippen LogP contribution is 2.40. The molecular formula is C9H12N4O. The number of ether oxygens (including phenoxy) is 1. The van der Waals surface area contributed by atoms with Gasteiger partial charge in [-0.2, -0.15) is 0 Å². The summed E-state index contributed by atoms with van der Waals surface area (Å²) < 4.78 is 5.20. The Hall–Kier alpha value is -1.36. The van der Waals surface area contributed by atoms with Crippen LogP contribution in [0.15, 0.2) is 12.4 Å². The molecule has 3 heterocycles. The first-order valence-corrected chi connectivity index (χ1v) is 4.68. The molecular weight excluding hydrogens is 180 g/mol. The van der Waals surface area contributed by atoms with E-state index in [0.717, 1.165) is 32.1 Å². The fourth-order valence-corrected chi connectivity index (χ4v) is 2.07. The number of nitrogens with zero attached hydrogens (tertiary/aromatic N) is 3. The van der Waals surface area contributed by atoms with Crippen LogP contribution in [0.5, 0.6) is 0 Å². The van der Waals surface area contributed by atoms with Crippen LogP contribution in [0, 0.1) is 5.41 Å². The summed E-state index contributed by atoms with van der Waals surface area (Å²) in [4.78, 5) is 10.4. The summed E-state index contributed by atoms with van der Waals surface area (Å²) in [6.07, 6.45) is 3.29. The summed E-state index contributed by atoms with van der Waals surface area (Å²) in [6, 6.07) is 0. The van der Waals surface area contributed by atoms with Crippen molar-refractivity contribution < 1.29 is 4.74 Å². The second kappa shape index (κ2) is 2.57. The van der Waals surface area contributed by atoms with Crippen LogP contribution in [-0.2, 0) is 4.74 Å². The largest absolute Gasteiger partial charge is 0.381 e. The highest BCUT2D eigenvalue weighted by atomic mass is 16.5. The van der Waals surface area contributed by atoms with Gasteiger partial charge in [-0.05, 0) is 0 Å². The van der Waals surface area contributed by atoms with Gasteiger partial charge in [-0.3, -0.25) is 0 Å². The van der Waals surface area contributed by atoms with Crippen molar-refractivity contribution in [2.45, 2.75) is 0 Å². The van der Waals surface area contributed by atoms with Crippen LogP contribution in [0.4, 0.5) is 11.6 Å². The normalized spacial score (nSPS) is 23.0. The van der Waals surface area contributed by atoms with Crippen LogP contribution in [0.2, 0.25) is 0 Å². The summed E-state index contributed by atoms with van der Waals surface area (Å²) in [5.41, 5.74) is 6.13. The first-order chi connectivity index (χ1) is 6.79. The van der Waals surface area contributed by atoms with Crippen LogP contribution in [0.1, 0.15) is 0 Å². The maximum Gasteiger partial charge on any atom is 0.171 e. The van der Waals surface area contributed by atoms with Gasteiger partial charge >= 0.3 is 0 Å². The predicted octanol–water partition coefficient (Wildman–Crippen LogP) is -0.105. The van der Waals surface area contributed by atoms with E-state index in [1.54, 1.807) is 12.4 Å². The van der Waals surface area contributed by atoms with Gasteiger partial charge in [0.2, 0.25) is 0 Å². The summed E-state index contributed by atoms with van der Waals surface area (Å²) in [5.74, 6) is 1.33. The zero-order chi connectivity index (χ0) is 9.60. The Morgan fingerprint density at radius 1 is 1.29 bits per heavy atom. The van der Waals surface area contributed by atoms with E-state index in [-0.39, 0.29) is 0 Å². The lowest BCUT2D eigenvalue weighted by Gasteiger charge is -2.55. The van der Waals surface area contributed by atoms with E-state index in [2.05, 4.69) is 14.9 Å². The van der Waals surface area contributed by atoms with E-state index >= 15 is 0 Å². The van der Waals surface area contributed by atoms with Crippen molar-refractivity contribution in [3.05, 3.63) is 12.4 Å². The second-order valence-corrected chi connectivity index (χ2v) is 4.11. The molecule has 1 aromatic rings. The summed E-state index contributed by atoms with van der Waals surface area (Å²) >= 11 is 0. The maximum absolute atomic E-state index is 5.73. The van der Waals surface area contributed by atoms with Gasteiger partial charge in [0, 0.05) is 25.5 Å². The van der Waals surface area contributed by atoms with Crippen molar-refractivity contribution in [3.63, 3.8) is 0 Å². The molecule has 2 saturated heterocycles. The Morgan fingerprint density at radius 3 is 2.57 bits per heavy atom. The van der Waals surface area contributed by atoms with Crippen LogP contribution in [0.3, 0.4) is 0 Å². The standard InChI is InChI=1S/C9H12N4O/c10-7-8(12-2-1-11-7)13-3-9(4-13)5-14-6-9/h1-2H,3-6H2,(H2,10,11). The summed E-state index contributed by atoms with van der Waals surface area (Å²) in [5, 5.41) is 0. The molecule has 2 aliphatic heterocycles. The first kappa shape index (κ1) is 7.99. The second-order valence-electron chi connectivity index (χ2n) is 4.11. The van der Waals surface area contributed by atoms with Crippen molar-refractivity contribution in [1.29, 1.82) is 0 Å². The Kier molecular flexibility index (Phi) is 1.47. The number of hydrogen-bond donors (Lipinski definition) is 1. The van der Waals surface area contributed by atoms with Gasteiger partial charge in [-0.15, -0.1) is 0 Å². The molecule has 1 spiro atoms. The molecule has 3 rings (SSSR count). The predicted molar refractivity (Wildman–Crippen MR) is 51.9 cm³/mol. The number of anilines is 2. The Morgan fingerprint density at radius 2 is 2.00 bits per heavy atom. The van der Waals surface area contributed by atoms with E-state index in [0.29, 0.717) is 11.2 Å². The van der Waals surface area contributed by atoms with Gasteiger partial charge in [0.15, 0.2) is 11.6 Å². The number of hydrogen-bond acceptors (Lipinski definition) is 5. The molecule has 0 unspecified atom stereocenters. The Labute approximate surface area is 81.9 Å². The summed E-state index contributed by atoms with van der Waals surface area (Å²) in [6.45, 7) is 3.75. The van der Waals surface area contributed by atoms with E-state index in [1.807, 2.05) is 0 Å². The topological polar surface area (TPSA) is 64.3 Å². The van der Waals surface area contributed by atoms with Crippen molar-refractivity contribution in [2.24, 2.45) is 5.41 Å². The molecule has 0 aromatic carbocycles. The van der Waals surface area contributed by atoms with E-state index in [9.17, 15) is 0 Å². The van der Waals surface area contributed by atoms with Gasteiger partial charge in [0.05, 0.1) is 18.6 Å². The smallest absolute Gasteiger partial charge is 0.171 e. The van der Waals surface area contributed by atoms with E-state index in [1.165, 1.54) is 0 Å². The van der Waals surface area contributed by atoms with Gasteiger partial charge in [-0.25, -0.2) is 9.97 Å². The number of rotatable bonds is 1. The van der Waals surface area contributed by atoms with Crippen molar-refractivity contribution in [3.8, 4) is 0 Å². The van der Waals surface area contributed by atoms with Crippen molar-refractivity contribution in [2.75, 3.05) is 36.9 Å². The third-order valence-electron chi connectivity index (χ3n) is 2.87. The zero-order valence-corrected chi connectivity index (χ0v) is 7.81. The zero-order valence-electron chi connectivity index (χ0n) is 7.81. The molecule has 2 N–H and O–H groups in total. The molecule has 2 fully saturated rings. The monoisotopic (exact) mass is 192 g/mol. The lowest BCUT2D eigenvalue weighted by Crippen LogP contribution is -2.66. The fourth-order valence-electron chi connectivity index (χ4n) is 2.07. The number of nitrogen functional groups attached to an aromatic ring is 1. The highest BCUT2D eigenvalue weighted by Gasteiger charge is 2.49. The van der Waals surface area contributed by atoms with E-state index < -0.39 is 0 Å². The SMILES string of the molecule is Nc1nccnc1N1CC2(COC2)C1. The average Bonchev–Trinajstić information content (AvgIpc) is 2.03. The maximum atomic E-state index is 5.73. The molecule has 0 radical (unpaired) electrons. The van der Waals surface area contributed by atoms with Gasteiger partial charge in [0.25, 0.3) is 0 Å². The van der Waals surface area contributed by atoms with Crippen LogP contribution >= 0.6 is 0 Å². The van der Waals surface area contributed by atoms with Gasteiger partial charge in [-0.1, -0.05) is 0 Å². The van der Waals surface area contributed by atoms with Gasteiger partial charge in [0.1, 0.15) is 0 Å². The molecule has 2 aliphatic rings. The minimum absolute atomic E-state index is 0.393. The average molecular weight is 192 g/mol. The molecule has 74 valence electrons. The minimum Gasteiger partial charge on any atom is -0.381 e. The highest BCUT2D eigenvalue weighted by molar-refractivity contribution is 5.59. The Balaban J connectivity index is 1.76. The first-order valence-electron chi connectivity index (χ1n) is 4.68. The molecule has 14 heavy (non-hydrogen) atoms. The van der Waals surface area contributed by atoms with Crippen LogP contribution in [-0.4, -0.2) is 36.3 Å².